The topological polar surface area (TPSA) is 113 Å². The van der Waals surface area contributed by atoms with Crippen LogP contribution in [0.2, 0.25) is 0 Å². The zero-order chi connectivity index (χ0) is 25.6. The minimum absolute atomic E-state index is 0.0919. The van der Waals surface area contributed by atoms with Gasteiger partial charge in [-0.05, 0) is 73.1 Å². The standard InChI is InChI=1S/C26H36NO6P/c1-7-16(3)24(26(30)33-8-2)27-25(29)22-14-19(9-10-23(22)28)13-21-17(4)11-20(12-18(21)5)15-34(6,31)32/h9-12,14,16,24,28H,7-8,13,15H2,1-6H3,(H,27,29)(H,31,32). The number of nitrogens with one attached hydrogen (secondary N) is 1. The number of ether oxygens (including phenoxy) is 1. The minimum Gasteiger partial charge on any atom is -0.507 e. The number of aromatic hydroxyl groups is 1. The molecule has 0 radical (unpaired) electrons. The molecule has 0 heterocycles. The van der Waals surface area contributed by atoms with Crippen molar-refractivity contribution in [2.24, 2.45) is 5.92 Å². The Morgan fingerprint density at radius 3 is 2.24 bits per heavy atom. The quantitative estimate of drug-likeness (QED) is 0.329. The van der Waals surface area contributed by atoms with Gasteiger partial charge in [0.2, 0.25) is 7.37 Å². The first kappa shape index (κ1) is 27.6. The van der Waals surface area contributed by atoms with Gasteiger partial charge in [0, 0.05) is 12.8 Å². The van der Waals surface area contributed by atoms with Crippen LogP contribution in [0.1, 0.15) is 65.4 Å². The van der Waals surface area contributed by atoms with Gasteiger partial charge in [-0.2, -0.15) is 0 Å². The summed E-state index contributed by atoms with van der Waals surface area (Å²) in [5.74, 6) is -1.33. The zero-order valence-corrected chi connectivity index (χ0v) is 21.7. The number of esters is 1. The molecule has 2 rings (SSSR count). The van der Waals surface area contributed by atoms with E-state index in [4.69, 9.17) is 4.74 Å². The van der Waals surface area contributed by atoms with Crippen molar-refractivity contribution in [2.75, 3.05) is 13.3 Å². The van der Waals surface area contributed by atoms with Crippen LogP contribution in [0.3, 0.4) is 0 Å². The molecule has 2 aromatic rings. The van der Waals surface area contributed by atoms with Crippen molar-refractivity contribution in [3.63, 3.8) is 0 Å². The van der Waals surface area contributed by atoms with Crippen molar-refractivity contribution in [3.05, 3.63) is 63.7 Å². The second-order valence-corrected chi connectivity index (χ2v) is 11.5. The Kier molecular flexibility index (Phi) is 9.48. The van der Waals surface area contributed by atoms with Gasteiger partial charge in [-0.1, -0.05) is 38.5 Å². The molecule has 3 atom stereocenters. The van der Waals surface area contributed by atoms with E-state index in [1.165, 1.54) is 12.7 Å². The molecule has 3 unspecified atom stereocenters. The van der Waals surface area contributed by atoms with Crippen LogP contribution in [0.4, 0.5) is 0 Å². The molecule has 0 aliphatic rings. The predicted octanol–water partition coefficient (Wildman–Crippen LogP) is 4.71. The van der Waals surface area contributed by atoms with E-state index in [1.807, 2.05) is 39.8 Å². The fourth-order valence-electron chi connectivity index (χ4n) is 3.99. The van der Waals surface area contributed by atoms with E-state index < -0.39 is 25.3 Å². The third-order valence-corrected chi connectivity index (χ3v) is 6.91. The molecule has 1 amide bonds. The number of hydrogen-bond acceptors (Lipinski definition) is 5. The molecule has 0 bridgehead atoms. The summed E-state index contributed by atoms with van der Waals surface area (Å²) in [4.78, 5) is 35.1. The Balaban J connectivity index is 2.30. The average molecular weight is 490 g/mol. The number of amides is 1. The third kappa shape index (κ3) is 7.44. The van der Waals surface area contributed by atoms with Crippen LogP contribution in [0.15, 0.2) is 30.3 Å². The number of phenols is 1. The third-order valence-electron chi connectivity index (χ3n) is 5.96. The SMILES string of the molecule is CCOC(=O)C(NC(=O)c1cc(Cc2c(C)cc(CP(C)(=O)O)cc2C)ccc1O)C(C)CC. The lowest BCUT2D eigenvalue weighted by Gasteiger charge is -2.22. The van der Waals surface area contributed by atoms with Gasteiger partial charge in [-0.15, -0.1) is 0 Å². The van der Waals surface area contributed by atoms with Crippen LogP contribution < -0.4 is 5.32 Å². The number of hydrogen-bond donors (Lipinski definition) is 3. The maximum Gasteiger partial charge on any atom is 0.328 e. The molecule has 2 aromatic carbocycles. The van der Waals surface area contributed by atoms with Crippen molar-refractivity contribution in [1.29, 1.82) is 0 Å². The molecule has 0 saturated carbocycles. The highest BCUT2D eigenvalue weighted by Gasteiger charge is 2.28. The molecular weight excluding hydrogens is 453 g/mol. The molecule has 0 spiro atoms. The first-order valence-electron chi connectivity index (χ1n) is 11.5. The van der Waals surface area contributed by atoms with Crippen molar-refractivity contribution in [2.45, 2.75) is 59.7 Å². The molecule has 0 aliphatic heterocycles. The largest absolute Gasteiger partial charge is 0.507 e. The van der Waals surface area contributed by atoms with Gasteiger partial charge >= 0.3 is 5.97 Å². The molecule has 186 valence electrons. The number of phenolic OH excluding ortho intramolecular Hbond substituents is 1. The van der Waals surface area contributed by atoms with Gasteiger partial charge in [0.1, 0.15) is 11.8 Å². The maximum absolute atomic E-state index is 13.0. The number of rotatable bonds is 10. The monoisotopic (exact) mass is 489 g/mol. The molecule has 0 fully saturated rings. The summed E-state index contributed by atoms with van der Waals surface area (Å²) in [5, 5.41) is 13.1. The summed E-state index contributed by atoms with van der Waals surface area (Å²) in [7, 11) is -3.17. The van der Waals surface area contributed by atoms with Gasteiger partial charge in [0.05, 0.1) is 12.2 Å². The lowest BCUT2D eigenvalue weighted by atomic mass is 9.93. The normalized spacial score (nSPS) is 14.7. The van der Waals surface area contributed by atoms with E-state index in [2.05, 4.69) is 5.32 Å². The maximum atomic E-state index is 13.0. The lowest BCUT2D eigenvalue weighted by Crippen LogP contribution is -2.46. The molecule has 0 saturated heterocycles. The summed E-state index contributed by atoms with van der Waals surface area (Å²) < 4.78 is 16.9. The Morgan fingerprint density at radius 1 is 1.09 bits per heavy atom. The van der Waals surface area contributed by atoms with Crippen LogP contribution in [-0.4, -0.2) is 41.2 Å². The predicted molar refractivity (Wildman–Crippen MR) is 134 cm³/mol. The minimum atomic E-state index is -3.17. The molecule has 7 nitrogen and oxygen atoms in total. The fraction of sp³-hybridized carbons (Fsp3) is 0.462. The molecule has 0 aromatic heterocycles. The van der Waals surface area contributed by atoms with Crippen LogP contribution in [0.5, 0.6) is 5.75 Å². The van der Waals surface area contributed by atoms with Gasteiger partial charge in [-0.25, -0.2) is 4.79 Å². The highest BCUT2D eigenvalue weighted by molar-refractivity contribution is 7.56. The summed E-state index contributed by atoms with van der Waals surface area (Å²) in [5.41, 5.74) is 4.75. The smallest absolute Gasteiger partial charge is 0.328 e. The summed E-state index contributed by atoms with van der Waals surface area (Å²) in [6, 6.07) is 7.88. The van der Waals surface area contributed by atoms with E-state index in [1.54, 1.807) is 19.1 Å². The van der Waals surface area contributed by atoms with Gasteiger partial charge in [-0.3, -0.25) is 9.36 Å². The molecular formula is C26H36NO6P. The van der Waals surface area contributed by atoms with E-state index in [0.717, 1.165) is 27.8 Å². The zero-order valence-electron chi connectivity index (χ0n) is 20.8. The molecule has 34 heavy (non-hydrogen) atoms. The number of aryl methyl sites for hydroxylation is 2. The molecule has 8 heteroatoms. The second-order valence-electron chi connectivity index (χ2n) is 9.03. The average Bonchev–Trinajstić information content (AvgIpc) is 2.73. The number of carbonyl (C=O) groups excluding carboxylic acids is 2. The van der Waals surface area contributed by atoms with E-state index in [9.17, 15) is 24.2 Å². The van der Waals surface area contributed by atoms with E-state index in [0.29, 0.717) is 12.8 Å². The van der Waals surface area contributed by atoms with Crippen LogP contribution in [0, 0.1) is 19.8 Å². The Bertz CT molecular complexity index is 1070. The van der Waals surface area contributed by atoms with Crippen molar-refractivity contribution < 1.29 is 28.9 Å². The Labute approximate surface area is 202 Å². The number of carbonyl (C=O) groups is 2. The highest BCUT2D eigenvalue weighted by atomic mass is 31.2. The number of benzene rings is 2. The first-order chi connectivity index (χ1) is 15.9. The van der Waals surface area contributed by atoms with Crippen LogP contribution in [-0.2, 0) is 26.7 Å². The van der Waals surface area contributed by atoms with Crippen LogP contribution >= 0.6 is 7.37 Å². The summed E-state index contributed by atoms with van der Waals surface area (Å²) in [6.07, 6.45) is 1.32. The fourth-order valence-corrected chi connectivity index (χ4v) is 4.85. The van der Waals surface area contributed by atoms with Crippen molar-refractivity contribution in [3.8, 4) is 5.75 Å². The van der Waals surface area contributed by atoms with Crippen LogP contribution in [0.25, 0.3) is 0 Å². The van der Waals surface area contributed by atoms with Crippen molar-refractivity contribution >= 4 is 19.2 Å². The van der Waals surface area contributed by atoms with E-state index >= 15 is 0 Å². The Hall–Kier alpha value is -2.63. The summed E-state index contributed by atoms with van der Waals surface area (Å²) in [6.45, 7) is 11.0. The van der Waals surface area contributed by atoms with E-state index in [-0.39, 0.29) is 30.0 Å². The van der Waals surface area contributed by atoms with Gasteiger partial charge in [0.25, 0.3) is 5.91 Å². The van der Waals surface area contributed by atoms with Gasteiger partial charge in [0.15, 0.2) is 0 Å². The molecule has 3 N–H and O–H groups in total. The highest BCUT2D eigenvalue weighted by Crippen LogP contribution is 2.40. The lowest BCUT2D eigenvalue weighted by molar-refractivity contribution is -0.146. The van der Waals surface area contributed by atoms with Gasteiger partial charge < -0.3 is 20.1 Å². The second kappa shape index (κ2) is 11.7. The van der Waals surface area contributed by atoms with Crippen molar-refractivity contribution in [1.82, 2.24) is 5.32 Å². The first-order valence-corrected chi connectivity index (χ1v) is 13.8. The molecule has 0 aliphatic carbocycles. The summed E-state index contributed by atoms with van der Waals surface area (Å²) >= 11 is 0. The Morgan fingerprint density at radius 2 is 1.71 bits per heavy atom.